The number of nitrogens with one attached hydrogen (secondary N) is 1. The Morgan fingerprint density at radius 1 is 1.04 bits per heavy atom. The summed E-state index contributed by atoms with van der Waals surface area (Å²) >= 11 is 0. The standard InChI is InChI=1S/C21H24N2O3/c1-15(16-8-9-19-20(14-16)26-13-12-25-19)22-21(24)17-6-2-3-7-18(17)23-10-4-5-11-23/h2-3,6-9,14-15H,4-5,10-13H2,1H3,(H,22,24)/t15-/m0/s1. The van der Waals surface area contributed by atoms with Crippen molar-refractivity contribution in [1.29, 1.82) is 0 Å². The lowest BCUT2D eigenvalue weighted by molar-refractivity contribution is 0.0940. The quantitative estimate of drug-likeness (QED) is 0.914. The molecule has 0 spiro atoms. The van der Waals surface area contributed by atoms with E-state index in [4.69, 9.17) is 9.47 Å². The topological polar surface area (TPSA) is 50.8 Å². The predicted molar refractivity (Wildman–Crippen MR) is 101 cm³/mol. The normalized spacial score (nSPS) is 17.0. The van der Waals surface area contributed by atoms with Crippen LogP contribution in [0.25, 0.3) is 0 Å². The molecule has 1 fully saturated rings. The van der Waals surface area contributed by atoms with Gasteiger partial charge in [-0.1, -0.05) is 18.2 Å². The Kier molecular flexibility index (Phi) is 4.69. The molecule has 136 valence electrons. The highest BCUT2D eigenvalue weighted by atomic mass is 16.6. The second kappa shape index (κ2) is 7.28. The molecular weight excluding hydrogens is 328 g/mol. The first-order chi connectivity index (χ1) is 12.7. The molecule has 2 heterocycles. The molecule has 26 heavy (non-hydrogen) atoms. The summed E-state index contributed by atoms with van der Waals surface area (Å²) in [4.78, 5) is 15.2. The number of hydrogen-bond acceptors (Lipinski definition) is 4. The molecule has 0 aliphatic carbocycles. The van der Waals surface area contributed by atoms with Gasteiger partial charge in [-0.05, 0) is 49.6 Å². The number of ether oxygens (including phenoxy) is 2. The van der Waals surface area contributed by atoms with Crippen molar-refractivity contribution in [1.82, 2.24) is 5.32 Å². The van der Waals surface area contributed by atoms with Crippen molar-refractivity contribution in [2.75, 3.05) is 31.2 Å². The molecule has 2 aromatic carbocycles. The third-order valence-electron chi connectivity index (χ3n) is 5.01. The average molecular weight is 352 g/mol. The highest BCUT2D eigenvalue weighted by molar-refractivity contribution is 6.00. The van der Waals surface area contributed by atoms with Crippen LogP contribution in [-0.2, 0) is 0 Å². The largest absolute Gasteiger partial charge is 0.486 e. The van der Waals surface area contributed by atoms with Gasteiger partial charge in [0.15, 0.2) is 11.5 Å². The first kappa shape index (κ1) is 16.8. The van der Waals surface area contributed by atoms with Crippen molar-refractivity contribution < 1.29 is 14.3 Å². The first-order valence-corrected chi connectivity index (χ1v) is 9.27. The number of amides is 1. The summed E-state index contributed by atoms with van der Waals surface area (Å²) in [6.07, 6.45) is 2.37. The van der Waals surface area contributed by atoms with Crippen LogP contribution < -0.4 is 19.7 Å². The van der Waals surface area contributed by atoms with Crippen molar-refractivity contribution in [2.45, 2.75) is 25.8 Å². The SMILES string of the molecule is C[C@H](NC(=O)c1ccccc1N1CCCC1)c1ccc2c(c1)OCCO2. The van der Waals surface area contributed by atoms with Crippen molar-refractivity contribution in [3.05, 3.63) is 53.6 Å². The van der Waals surface area contributed by atoms with Crippen molar-refractivity contribution >= 4 is 11.6 Å². The van der Waals surface area contributed by atoms with Gasteiger partial charge in [-0.25, -0.2) is 0 Å². The molecule has 2 aliphatic heterocycles. The van der Waals surface area contributed by atoms with Crippen LogP contribution in [0.5, 0.6) is 11.5 Å². The van der Waals surface area contributed by atoms with Gasteiger partial charge in [-0.15, -0.1) is 0 Å². The van der Waals surface area contributed by atoms with E-state index in [-0.39, 0.29) is 11.9 Å². The van der Waals surface area contributed by atoms with E-state index in [9.17, 15) is 4.79 Å². The summed E-state index contributed by atoms with van der Waals surface area (Å²) in [6, 6.07) is 13.6. The zero-order valence-corrected chi connectivity index (χ0v) is 15.0. The van der Waals surface area contributed by atoms with E-state index in [2.05, 4.69) is 10.2 Å². The van der Waals surface area contributed by atoms with Crippen molar-refractivity contribution in [3.8, 4) is 11.5 Å². The molecule has 0 saturated carbocycles. The Bertz CT molecular complexity index is 800. The highest BCUT2D eigenvalue weighted by Gasteiger charge is 2.21. The van der Waals surface area contributed by atoms with Crippen LogP contribution in [0, 0.1) is 0 Å². The lowest BCUT2D eigenvalue weighted by atomic mass is 10.1. The number of fused-ring (bicyclic) bond motifs is 1. The molecule has 2 aromatic rings. The molecular formula is C21H24N2O3. The molecule has 2 aliphatic rings. The number of carbonyl (C=O) groups excluding carboxylic acids is 1. The van der Waals surface area contributed by atoms with Crippen LogP contribution in [0.2, 0.25) is 0 Å². The summed E-state index contributed by atoms with van der Waals surface area (Å²) in [7, 11) is 0. The maximum absolute atomic E-state index is 12.9. The van der Waals surface area contributed by atoms with Gasteiger partial charge in [0.05, 0.1) is 11.6 Å². The Labute approximate surface area is 153 Å². The maximum atomic E-state index is 12.9. The predicted octanol–water partition coefficient (Wildman–Crippen LogP) is 3.55. The minimum atomic E-state index is -0.120. The lowest BCUT2D eigenvalue weighted by Gasteiger charge is -2.23. The molecule has 0 aromatic heterocycles. The first-order valence-electron chi connectivity index (χ1n) is 9.27. The fourth-order valence-corrected chi connectivity index (χ4v) is 3.59. The number of nitrogens with zero attached hydrogens (tertiary/aromatic N) is 1. The molecule has 1 amide bonds. The number of hydrogen-bond donors (Lipinski definition) is 1. The molecule has 1 saturated heterocycles. The monoisotopic (exact) mass is 352 g/mol. The van der Waals surface area contributed by atoms with Crippen LogP contribution >= 0.6 is 0 Å². The van der Waals surface area contributed by atoms with Gasteiger partial charge in [0.1, 0.15) is 13.2 Å². The second-order valence-corrected chi connectivity index (χ2v) is 6.81. The third-order valence-corrected chi connectivity index (χ3v) is 5.01. The molecule has 0 radical (unpaired) electrons. The van der Waals surface area contributed by atoms with Crippen LogP contribution in [0.4, 0.5) is 5.69 Å². The van der Waals surface area contributed by atoms with E-state index in [1.165, 1.54) is 12.8 Å². The lowest BCUT2D eigenvalue weighted by Crippen LogP contribution is -2.29. The molecule has 0 unspecified atom stereocenters. The van der Waals surface area contributed by atoms with Gasteiger partial charge in [-0.2, -0.15) is 0 Å². The van der Waals surface area contributed by atoms with Gasteiger partial charge in [-0.3, -0.25) is 4.79 Å². The van der Waals surface area contributed by atoms with Gasteiger partial charge < -0.3 is 19.7 Å². The fourth-order valence-electron chi connectivity index (χ4n) is 3.59. The number of rotatable bonds is 4. The second-order valence-electron chi connectivity index (χ2n) is 6.81. The Hall–Kier alpha value is -2.69. The molecule has 1 N–H and O–H groups in total. The average Bonchev–Trinajstić information content (AvgIpc) is 3.22. The minimum absolute atomic E-state index is 0.0464. The zero-order chi connectivity index (χ0) is 17.9. The van der Waals surface area contributed by atoms with E-state index >= 15 is 0 Å². The summed E-state index contributed by atoms with van der Waals surface area (Å²) < 4.78 is 11.2. The van der Waals surface area contributed by atoms with Crippen LogP contribution in [0.3, 0.4) is 0 Å². The fraction of sp³-hybridized carbons (Fsp3) is 0.381. The van der Waals surface area contributed by atoms with E-state index < -0.39 is 0 Å². The maximum Gasteiger partial charge on any atom is 0.253 e. The van der Waals surface area contributed by atoms with E-state index in [1.54, 1.807) is 0 Å². The molecule has 0 bridgehead atoms. The molecule has 5 heteroatoms. The summed E-state index contributed by atoms with van der Waals surface area (Å²) in [5.74, 6) is 1.46. The van der Waals surface area contributed by atoms with E-state index in [0.29, 0.717) is 13.2 Å². The molecule has 5 nitrogen and oxygen atoms in total. The van der Waals surface area contributed by atoms with Crippen molar-refractivity contribution in [2.24, 2.45) is 0 Å². The molecule has 1 atom stereocenters. The van der Waals surface area contributed by atoms with Gasteiger partial charge >= 0.3 is 0 Å². The van der Waals surface area contributed by atoms with E-state index in [0.717, 1.165) is 41.4 Å². The Morgan fingerprint density at radius 3 is 2.58 bits per heavy atom. The van der Waals surface area contributed by atoms with Gasteiger partial charge in [0, 0.05) is 18.8 Å². The summed E-state index contributed by atoms with van der Waals surface area (Å²) in [5.41, 5.74) is 2.76. The zero-order valence-electron chi connectivity index (χ0n) is 15.0. The van der Waals surface area contributed by atoms with E-state index in [1.807, 2.05) is 49.4 Å². The number of anilines is 1. The highest BCUT2D eigenvalue weighted by Crippen LogP contribution is 2.33. The van der Waals surface area contributed by atoms with Crippen LogP contribution in [0.1, 0.15) is 41.7 Å². The third kappa shape index (κ3) is 3.34. The Balaban J connectivity index is 1.51. The smallest absolute Gasteiger partial charge is 0.253 e. The minimum Gasteiger partial charge on any atom is -0.486 e. The molecule has 4 rings (SSSR count). The van der Waals surface area contributed by atoms with Gasteiger partial charge in [0.25, 0.3) is 5.91 Å². The number of carbonyl (C=O) groups is 1. The number of para-hydroxylation sites is 1. The number of benzene rings is 2. The Morgan fingerprint density at radius 2 is 1.77 bits per heavy atom. The van der Waals surface area contributed by atoms with Crippen LogP contribution in [-0.4, -0.2) is 32.2 Å². The summed E-state index contributed by atoms with van der Waals surface area (Å²) in [5, 5.41) is 3.12. The van der Waals surface area contributed by atoms with Crippen LogP contribution in [0.15, 0.2) is 42.5 Å². The summed E-state index contributed by atoms with van der Waals surface area (Å²) in [6.45, 7) is 5.15. The van der Waals surface area contributed by atoms with Crippen molar-refractivity contribution in [3.63, 3.8) is 0 Å². The van der Waals surface area contributed by atoms with Gasteiger partial charge in [0.2, 0.25) is 0 Å².